The molecule has 0 fully saturated rings. The molecule has 0 aromatic carbocycles. The van der Waals surface area contributed by atoms with E-state index < -0.39 is 0 Å². The fourth-order valence-corrected chi connectivity index (χ4v) is 1.92. The van der Waals surface area contributed by atoms with Gasteiger partial charge >= 0.3 is 0 Å². The van der Waals surface area contributed by atoms with Crippen LogP contribution >= 0.6 is 0 Å². The van der Waals surface area contributed by atoms with Crippen LogP contribution in [0.15, 0.2) is 11.6 Å². The quantitative estimate of drug-likeness (QED) is 0.726. The Bertz CT molecular complexity index is 219. The zero-order valence-electron chi connectivity index (χ0n) is 10.3. The molecule has 0 saturated heterocycles. The number of methoxy groups -OCH3 is 1. The molecule has 0 aromatic rings. The molecule has 1 aliphatic carbocycles. The second kappa shape index (κ2) is 5.66. The van der Waals surface area contributed by atoms with Gasteiger partial charge in [0, 0.05) is 7.11 Å². The van der Waals surface area contributed by atoms with E-state index in [1.165, 1.54) is 12.0 Å². The lowest BCUT2D eigenvalue weighted by Crippen LogP contribution is -2.22. The van der Waals surface area contributed by atoms with Crippen LogP contribution in [0.2, 0.25) is 0 Å². The van der Waals surface area contributed by atoms with Crippen molar-refractivity contribution in [1.82, 2.24) is 0 Å². The van der Waals surface area contributed by atoms with Gasteiger partial charge < -0.3 is 9.84 Å². The molecule has 1 N–H and O–H groups in total. The Balaban J connectivity index is 2.43. The summed E-state index contributed by atoms with van der Waals surface area (Å²) in [5.41, 5.74) is 1.36. The second-order valence-corrected chi connectivity index (χ2v) is 5.10. The van der Waals surface area contributed by atoms with E-state index in [2.05, 4.69) is 19.9 Å². The molecule has 1 atom stereocenters. The average molecular weight is 212 g/mol. The molecular weight excluding hydrogens is 188 g/mol. The first-order chi connectivity index (χ1) is 7.03. The van der Waals surface area contributed by atoms with Crippen LogP contribution in [0.3, 0.4) is 0 Å². The van der Waals surface area contributed by atoms with Crippen LogP contribution in [-0.4, -0.2) is 23.9 Å². The molecule has 0 spiro atoms. The molecule has 0 amide bonds. The Morgan fingerprint density at radius 2 is 2.20 bits per heavy atom. The summed E-state index contributed by atoms with van der Waals surface area (Å²) in [4.78, 5) is 0. The first-order valence-corrected chi connectivity index (χ1v) is 5.96. The first kappa shape index (κ1) is 12.7. The van der Waals surface area contributed by atoms with Crippen LogP contribution in [0.25, 0.3) is 0 Å². The maximum atomic E-state index is 9.64. The fraction of sp³-hybridized carbons (Fsp3) is 0.846. The summed E-state index contributed by atoms with van der Waals surface area (Å²) < 4.78 is 5.40. The van der Waals surface area contributed by atoms with E-state index in [1.54, 1.807) is 7.11 Å². The minimum absolute atomic E-state index is 0.0436. The van der Waals surface area contributed by atoms with Crippen molar-refractivity contribution in [2.45, 2.75) is 64.1 Å². The van der Waals surface area contributed by atoms with Crippen molar-refractivity contribution in [3.63, 3.8) is 0 Å². The molecule has 0 aliphatic heterocycles. The minimum atomic E-state index is -0.215. The fourth-order valence-electron chi connectivity index (χ4n) is 1.92. The van der Waals surface area contributed by atoms with Crippen molar-refractivity contribution in [2.24, 2.45) is 0 Å². The highest BCUT2D eigenvalue weighted by atomic mass is 16.5. The topological polar surface area (TPSA) is 29.5 Å². The first-order valence-electron chi connectivity index (χ1n) is 5.96. The molecule has 0 radical (unpaired) electrons. The van der Waals surface area contributed by atoms with Crippen LogP contribution in [0.4, 0.5) is 0 Å². The summed E-state index contributed by atoms with van der Waals surface area (Å²) in [6.45, 7) is 4.22. The van der Waals surface area contributed by atoms with Gasteiger partial charge in [-0.2, -0.15) is 0 Å². The highest BCUT2D eigenvalue weighted by Crippen LogP contribution is 2.25. The van der Waals surface area contributed by atoms with Gasteiger partial charge in [-0.3, -0.25) is 0 Å². The van der Waals surface area contributed by atoms with E-state index in [9.17, 15) is 5.11 Å². The van der Waals surface area contributed by atoms with Crippen molar-refractivity contribution in [3.8, 4) is 0 Å². The predicted octanol–water partition coefficient (Wildman–Crippen LogP) is 3.05. The summed E-state index contributed by atoms with van der Waals surface area (Å²) in [5, 5.41) is 9.64. The van der Waals surface area contributed by atoms with E-state index in [1.807, 2.05) is 0 Å². The van der Waals surface area contributed by atoms with Gasteiger partial charge in [-0.1, -0.05) is 18.1 Å². The Morgan fingerprint density at radius 1 is 1.47 bits per heavy atom. The average Bonchev–Trinajstić information content (AvgIpc) is 2.40. The summed E-state index contributed by atoms with van der Waals surface area (Å²) >= 11 is 0. The molecule has 0 heterocycles. The van der Waals surface area contributed by atoms with Crippen LogP contribution in [0.1, 0.15) is 52.4 Å². The van der Waals surface area contributed by atoms with Crippen molar-refractivity contribution in [1.29, 1.82) is 0 Å². The highest BCUT2D eigenvalue weighted by Gasteiger charge is 2.17. The molecular formula is C13H24O2. The summed E-state index contributed by atoms with van der Waals surface area (Å²) in [6, 6.07) is 0. The van der Waals surface area contributed by atoms with Crippen molar-refractivity contribution < 1.29 is 9.84 Å². The Kier molecular flexibility index (Phi) is 4.81. The molecule has 15 heavy (non-hydrogen) atoms. The molecule has 1 aliphatic rings. The van der Waals surface area contributed by atoms with Gasteiger partial charge in [0.25, 0.3) is 0 Å². The van der Waals surface area contributed by atoms with Gasteiger partial charge in [-0.05, 0) is 46.0 Å². The van der Waals surface area contributed by atoms with Crippen molar-refractivity contribution >= 4 is 0 Å². The van der Waals surface area contributed by atoms with Crippen LogP contribution in [-0.2, 0) is 4.74 Å². The van der Waals surface area contributed by atoms with E-state index >= 15 is 0 Å². The number of rotatable bonds is 4. The van der Waals surface area contributed by atoms with E-state index in [-0.39, 0.29) is 11.7 Å². The zero-order chi connectivity index (χ0) is 11.3. The summed E-state index contributed by atoms with van der Waals surface area (Å²) in [5.74, 6) is 0. The van der Waals surface area contributed by atoms with Crippen LogP contribution in [0.5, 0.6) is 0 Å². The normalized spacial score (nSPS) is 23.5. The number of hydrogen-bond donors (Lipinski definition) is 1. The largest absolute Gasteiger partial charge is 0.389 e. The van der Waals surface area contributed by atoms with Gasteiger partial charge in [-0.15, -0.1) is 0 Å². The third-order valence-electron chi connectivity index (χ3n) is 3.28. The molecule has 2 heteroatoms. The standard InChI is InChI=1S/C13H24O2/c1-13(2,15-3)9-8-11-6-4-5-7-12(14)10-11/h10,12,14H,4-9H2,1-3H3. The second-order valence-electron chi connectivity index (χ2n) is 5.10. The lowest BCUT2D eigenvalue weighted by Gasteiger charge is -2.23. The molecule has 1 rings (SSSR count). The number of hydrogen-bond acceptors (Lipinski definition) is 2. The Morgan fingerprint density at radius 3 is 2.87 bits per heavy atom. The third kappa shape index (κ3) is 4.80. The van der Waals surface area contributed by atoms with Gasteiger partial charge in [-0.25, -0.2) is 0 Å². The van der Waals surface area contributed by atoms with Crippen molar-refractivity contribution in [2.75, 3.05) is 7.11 Å². The van der Waals surface area contributed by atoms with E-state index in [4.69, 9.17) is 4.74 Å². The van der Waals surface area contributed by atoms with Crippen LogP contribution < -0.4 is 0 Å². The summed E-state index contributed by atoms with van der Waals surface area (Å²) in [7, 11) is 1.76. The summed E-state index contributed by atoms with van der Waals surface area (Å²) in [6.07, 6.45) is 8.37. The molecule has 0 saturated carbocycles. The van der Waals surface area contributed by atoms with Gasteiger partial charge in [0.2, 0.25) is 0 Å². The smallest absolute Gasteiger partial charge is 0.0723 e. The lowest BCUT2D eigenvalue weighted by molar-refractivity contribution is 0.0156. The zero-order valence-corrected chi connectivity index (χ0v) is 10.3. The maximum Gasteiger partial charge on any atom is 0.0723 e. The molecule has 88 valence electrons. The Labute approximate surface area is 93.3 Å². The van der Waals surface area contributed by atoms with Gasteiger partial charge in [0.05, 0.1) is 11.7 Å². The van der Waals surface area contributed by atoms with Gasteiger partial charge in [0.1, 0.15) is 0 Å². The lowest BCUT2D eigenvalue weighted by atomic mass is 9.96. The highest BCUT2D eigenvalue weighted by molar-refractivity contribution is 5.07. The Hall–Kier alpha value is -0.340. The molecule has 0 bridgehead atoms. The minimum Gasteiger partial charge on any atom is -0.389 e. The molecule has 1 unspecified atom stereocenters. The monoisotopic (exact) mass is 212 g/mol. The predicted molar refractivity (Wildman–Crippen MR) is 62.9 cm³/mol. The maximum absolute atomic E-state index is 9.64. The number of ether oxygens (including phenoxy) is 1. The molecule has 2 nitrogen and oxygen atoms in total. The van der Waals surface area contributed by atoms with E-state index in [0.29, 0.717) is 0 Å². The molecule has 0 aromatic heterocycles. The number of aliphatic hydroxyl groups is 1. The van der Waals surface area contributed by atoms with Gasteiger partial charge in [0.15, 0.2) is 0 Å². The SMILES string of the molecule is COC(C)(C)CCC1=CC(O)CCCC1. The van der Waals surface area contributed by atoms with E-state index in [0.717, 1.165) is 32.1 Å². The number of aliphatic hydroxyl groups excluding tert-OH is 1. The van der Waals surface area contributed by atoms with Crippen molar-refractivity contribution in [3.05, 3.63) is 11.6 Å². The third-order valence-corrected chi connectivity index (χ3v) is 3.28. The van der Waals surface area contributed by atoms with Crippen LogP contribution in [0, 0.1) is 0 Å². The number of allylic oxidation sites excluding steroid dienone is 1.